The van der Waals surface area contributed by atoms with E-state index in [1.54, 1.807) is 18.6 Å². The molecule has 0 aromatic carbocycles. The van der Waals surface area contributed by atoms with Gasteiger partial charge in [0.1, 0.15) is 5.82 Å². The summed E-state index contributed by atoms with van der Waals surface area (Å²) >= 11 is 0. The first-order chi connectivity index (χ1) is 8.79. The summed E-state index contributed by atoms with van der Waals surface area (Å²) < 4.78 is 5.30. The van der Waals surface area contributed by atoms with Crippen LogP contribution in [0.2, 0.25) is 0 Å². The first kappa shape index (κ1) is 12.3. The molecule has 2 rings (SSSR count). The zero-order valence-electron chi connectivity index (χ0n) is 10.5. The summed E-state index contributed by atoms with van der Waals surface area (Å²) in [7, 11) is 0. The van der Waals surface area contributed by atoms with E-state index in [-0.39, 0.29) is 6.04 Å². The van der Waals surface area contributed by atoms with Crippen molar-refractivity contribution in [3.05, 3.63) is 42.5 Å². The van der Waals surface area contributed by atoms with Gasteiger partial charge < -0.3 is 10.1 Å². The number of aromatic nitrogens is 3. The van der Waals surface area contributed by atoms with Gasteiger partial charge in [0.05, 0.1) is 30.7 Å². The Hall–Kier alpha value is -2.17. The fraction of sp³-hybridized carbons (Fsp3) is 0.308. The maximum Gasteiger partial charge on any atom is 0.234 e. The Morgan fingerprint density at radius 1 is 1.33 bits per heavy atom. The van der Waals surface area contributed by atoms with Gasteiger partial charge in [-0.1, -0.05) is 6.07 Å². The summed E-state index contributed by atoms with van der Waals surface area (Å²) in [6.45, 7) is 4.52. The van der Waals surface area contributed by atoms with Crippen molar-refractivity contribution in [1.82, 2.24) is 15.0 Å². The molecule has 0 spiro atoms. The fourth-order valence-corrected chi connectivity index (χ4v) is 1.56. The molecule has 5 nitrogen and oxygen atoms in total. The van der Waals surface area contributed by atoms with Crippen LogP contribution < -0.4 is 10.1 Å². The van der Waals surface area contributed by atoms with E-state index in [1.165, 1.54) is 0 Å². The van der Waals surface area contributed by atoms with Gasteiger partial charge in [0.15, 0.2) is 0 Å². The highest BCUT2D eigenvalue weighted by Gasteiger charge is 2.07. The van der Waals surface area contributed by atoms with Crippen molar-refractivity contribution in [3.63, 3.8) is 0 Å². The van der Waals surface area contributed by atoms with E-state index in [2.05, 4.69) is 20.3 Å². The summed E-state index contributed by atoms with van der Waals surface area (Å²) in [6, 6.07) is 5.89. The molecule has 94 valence electrons. The Kier molecular flexibility index (Phi) is 4.06. The van der Waals surface area contributed by atoms with Gasteiger partial charge in [-0.3, -0.25) is 9.97 Å². The first-order valence-corrected chi connectivity index (χ1v) is 5.92. The first-order valence-electron chi connectivity index (χ1n) is 5.92. The quantitative estimate of drug-likeness (QED) is 0.875. The van der Waals surface area contributed by atoms with E-state index in [0.29, 0.717) is 18.3 Å². The largest absolute Gasteiger partial charge is 0.477 e. The predicted octanol–water partition coefficient (Wildman–Crippen LogP) is 2.44. The van der Waals surface area contributed by atoms with Crippen LogP contribution in [0.4, 0.5) is 5.82 Å². The third-order valence-corrected chi connectivity index (χ3v) is 2.40. The monoisotopic (exact) mass is 244 g/mol. The van der Waals surface area contributed by atoms with E-state index >= 15 is 0 Å². The Labute approximate surface area is 106 Å². The van der Waals surface area contributed by atoms with Crippen LogP contribution in [0.5, 0.6) is 5.88 Å². The van der Waals surface area contributed by atoms with Crippen molar-refractivity contribution in [2.45, 2.75) is 19.9 Å². The van der Waals surface area contributed by atoms with Crippen molar-refractivity contribution in [3.8, 4) is 5.88 Å². The Bertz CT molecular complexity index is 489. The Balaban J connectivity index is 2.07. The minimum atomic E-state index is 0.0670. The number of nitrogens with zero attached hydrogens (tertiary/aromatic N) is 3. The van der Waals surface area contributed by atoms with Crippen molar-refractivity contribution in [2.24, 2.45) is 0 Å². The van der Waals surface area contributed by atoms with Crippen LogP contribution in [-0.4, -0.2) is 21.6 Å². The maximum atomic E-state index is 5.30. The van der Waals surface area contributed by atoms with Crippen molar-refractivity contribution < 1.29 is 4.74 Å². The minimum absolute atomic E-state index is 0.0670. The van der Waals surface area contributed by atoms with E-state index in [9.17, 15) is 0 Å². The Morgan fingerprint density at radius 2 is 2.22 bits per heavy atom. The van der Waals surface area contributed by atoms with Gasteiger partial charge in [-0.25, -0.2) is 0 Å². The summed E-state index contributed by atoms with van der Waals surface area (Å²) in [5.74, 6) is 1.20. The van der Waals surface area contributed by atoms with Crippen LogP contribution in [0, 0.1) is 0 Å². The van der Waals surface area contributed by atoms with Crippen molar-refractivity contribution in [1.29, 1.82) is 0 Å². The van der Waals surface area contributed by atoms with Gasteiger partial charge in [-0.05, 0) is 26.0 Å². The molecule has 0 saturated carbocycles. The second-order valence-corrected chi connectivity index (χ2v) is 3.80. The average Bonchev–Trinajstić information content (AvgIpc) is 2.40. The number of anilines is 1. The van der Waals surface area contributed by atoms with Gasteiger partial charge in [0.2, 0.25) is 5.88 Å². The second kappa shape index (κ2) is 5.95. The van der Waals surface area contributed by atoms with E-state index in [4.69, 9.17) is 4.74 Å². The molecule has 5 heteroatoms. The van der Waals surface area contributed by atoms with E-state index < -0.39 is 0 Å². The summed E-state index contributed by atoms with van der Waals surface area (Å²) in [6.07, 6.45) is 5.04. The molecule has 2 aromatic heterocycles. The van der Waals surface area contributed by atoms with Crippen LogP contribution >= 0.6 is 0 Å². The third-order valence-electron chi connectivity index (χ3n) is 2.40. The average molecular weight is 244 g/mol. The molecule has 0 aliphatic rings. The highest BCUT2D eigenvalue weighted by Crippen LogP contribution is 2.16. The predicted molar refractivity (Wildman–Crippen MR) is 69.5 cm³/mol. The summed E-state index contributed by atoms with van der Waals surface area (Å²) in [5, 5.41) is 3.24. The van der Waals surface area contributed by atoms with Gasteiger partial charge in [0, 0.05) is 6.20 Å². The lowest BCUT2D eigenvalue weighted by atomic mass is 10.2. The highest BCUT2D eigenvalue weighted by atomic mass is 16.5. The minimum Gasteiger partial charge on any atom is -0.477 e. The molecule has 18 heavy (non-hydrogen) atoms. The molecule has 0 aliphatic heterocycles. The zero-order valence-corrected chi connectivity index (χ0v) is 10.5. The highest BCUT2D eigenvalue weighted by molar-refractivity contribution is 5.36. The SMILES string of the molecule is CCOc1cncc(NC(C)c2ccccn2)n1. The molecule has 0 aliphatic carbocycles. The van der Waals surface area contributed by atoms with Crippen LogP contribution in [0.1, 0.15) is 25.6 Å². The molecule has 1 N–H and O–H groups in total. The van der Waals surface area contributed by atoms with Gasteiger partial charge in [-0.2, -0.15) is 4.98 Å². The van der Waals surface area contributed by atoms with Gasteiger partial charge in [-0.15, -0.1) is 0 Å². The molecule has 0 bridgehead atoms. The van der Waals surface area contributed by atoms with Gasteiger partial charge >= 0.3 is 0 Å². The molecule has 0 amide bonds. The number of ether oxygens (including phenoxy) is 1. The fourth-order valence-electron chi connectivity index (χ4n) is 1.56. The molecule has 1 atom stereocenters. The standard InChI is InChI=1S/C13H16N4O/c1-3-18-13-9-14-8-12(17-13)16-10(2)11-6-4-5-7-15-11/h4-10H,3H2,1-2H3,(H,16,17). The number of nitrogens with one attached hydrogen (secondary N) is 1. The number of hydrogen-bond acceptors (Lipinski definition) is 5. The van der Waals surface area contributed by atoms with Crippen LogP contribution in [0.15, 0.2) is 36.8 Å². The normalized spacial score (nSPS) is 11.9. The topological polar surface area (TPSA) is 59.9 Å². The third kappa shape index (κ3) is 3.16. The lowest BCUT2D eigenvalue weighted by Crippen LogP contribution is -2.10. The number of rotatable bonds is 5. The van der Waals surface area contributed by atoms with Crippen molar-refractivity contribution in [2.75, 3.05) is 11.9 Å². The second-order valence-electron chi connectivity index (χ2n) is 3.80. The lowest BCUT2D eigenvalue weighted by Gasteiger charge is -2.13. The molecular formula is C13H16N4O. The van der Waals surface area contributed by atoms with E-state index in [1.807, 2.05) is 32.0 Å². The van der Waals surface area contributed by atoms with Crippen molar-refractivity contribution >= 4 is 5.82 Å². The van der Waals surface area contributed by atoms with Crippen LogP contribution in [-0.2, 0) is 0 Å². The van der Waals surface area contributed by atoms with Gasteiger partial charge in [0.25, 0.3) is 0 Å². The van der Waals surface area contributed by atoms with E-state index in [0.717, 1.165) is 5.69 Å². The van der Waals surface area contributed by atoms with Crippen LogP contribution in [0.3, 0.4) is 0 Å². The van der Waals surface area contributed by atoms with Crippen LogP contribution in [0.25, 0.3) is 0 Å². The molecule has 0 fully saturated rings. The Morgan fingerprint density at radius 3 is 2.94 bits per heavy atom. The molecule has 2 heterocycles. The number of pyridine rings is 1. The molecule has 0 saturated heterocycles. The molecule has 1 unspecified atom stereocenters. The molecular weight excluding hydrogens is 228 g/mol. The zero-order chi connectivity index (χ0) is 12.8. The smallest absolute Gasteiger partial charge is 0.234 e. The molecule has 2 aromatic rings. The lowest BCUT2D eigenvalue weighted by molar-refractivity contribution is 0.325. The maximum absolute atomic E-state index is 5.30. The molecule has 0 radical (unpaired) electrons. The number of hydrogen-bond donors (Lipinski definition) is 1. The summed E-state index contributed by atoms with van der Waals surface area (Å²) in [5.41, 5.74) is 0.959. The summed E-state index contributed by atoms with van der Waals surface area (Å²) in [4.78, 5) is 12.7.